The molecule has 9 heteroatoms. The summed E-state index contributed by atoms with van der Waals surface area (Å²) in [4.78, 5) is 21.7. The second-order valence-electron chi connectivity index (χ2n) is 4.22. The Morgan fingerprint density at radius 1 is 1.55 bits per heavy atom. The molecule has 0 saturated carbocycles. The highest BCUT2D eigenvalue weighted by Crippen LogP contribution is 2.43. The summed E-state index contributed by atoms with van der Waals surface area (Å²) in [7, 11) is -3.46. The average molecular weight is 302 g/mol. The van der Waals surface area contributed by atoms with Gasteiger partial charge in [-0.1, -0.05) is 12.1 Å². The molecule has 0 saturated heterocycles. The minimum absolute atomic E-state index is 0.0897. The van der Waals surface area contributed by atoms with Gasteiger partial charge in [0.2, 0.25) is 0 Å². The van der Waals surface area contributed by atoms with Gasteiger partial charge in [0.05, 0.1) is 10.5 Å². The first-order chi connectivity index (χ1) is 9.24. The number of hydrogen-bond donors (Lipinski definition) is 2. The zero-order valence-electron chi connectivity index (χ0n) is 10.8. The Hall–Kier alpha value is -1.60. The van der Waals surface area contributed by atoms with E-state index in [1.165, 1.54) is 24.3 Å². The SMILES string of the molecule is CP(N)(=O)OC(CC(=O)CO)c1ccccc1[N+](=O)[O-]. The second-order valence-corrected chi connectivity index (χ2v) is 6.25. The lowest BCUT2D eigenvalue weighted by atomic mass is 10.0. The highest BCUT2D eigenvalue weighted by Gasteiger charge is 2.28. The van der Waals surface area contributed by atoms with Crippen molar-refractivity contribution in [1.29, 1.82) is 0 Å². The molecule has 1 rings (SSSR count). The molecule has 0 fully saturated rings. The molecule has 0 heterocycles. The molecule has 0 aliphatic rings. The molecule has 110 valence electrons. The number of nitrogens with zero attached hydrogens (tertiary/aromatic N) is 1. The maximum Gasteiger partial charge on any atom is 0.275 e. The van der Waals surface area contributed by atoms with E-state index >= 15 is 0 Å². The number of benzene rings is 1. The zero-order valence-corrected chi connectivity index (χ0v) is 11.7. The number of nitrogens with two attached hydrogens (primary N) is 1. The van der Waals surface area contributed by atoms with E-state index in [4.69, 9.17) is 15.1 Å². The predicted octanol–water partition coefficient (Wildman–Crippen LogP) is 1.39. The first-order valence-electron chi connectivity index (χ1n) is 5.65. The number of ketones is 1. The van der Waals surface area contributed by atoms with Crippen molar-refractivity contribution in [2.75, 3.05) is 13.3 Å². The van der Waals surface area contributed by atoms with Gasteiger partial charge in [0, 0.05) is 19.2 Å². The van der Waals surface area contributed by atoms with E-state index in [0.29, 0.717) is 0 Å². The van der Waals surface area contributed by atoms with Crippen LogP contribution in [0.25, 0.3) is 0 Å². The van der Waals surface area contributed by atoms with Crippen LogP contribution >= 0.6 is 7.52 Å². The molecule has 20 heavy (non-hydrogen) atoms. The Kier molecular flexibility index (Phi) is 5.52. The summed E-state index contributed by atoms with van der Waals surface area (Å²) in [6.07, 6.45) is -1.49. The lowest BCUT2D eigenvalue weighted by Crippen LogP contribution is -2.15. The topological polar surface area (TPSA) is 133 Å². The minimum atomic E-state index is -3.46. The number of nitro groups is 1. The Morgan fingerprint density at radius 2 is 2.15 bits per heavy atom. The third-order valence-electron chi connectivity index (χ3n) is 2.41. The highest BCUT2D eigenvalue weighted by atomic mass is 31.2. The maximum atomic E-state index is 11.6. The van der Waals surface area contributed by atoms with Gasteiger partial charge in [-0.15, -0.1) is 0 Å². The number of para-hydroxylation sites is 1. The molecule has 0 aliphatic heterocycles. The van der Waals surface area contributed by atoms with Crippen LogP contribution in [0.15, 0.2) is 24.3 Å². The molecular formula is C11H15N2O6P. The fourth-order valence-corrected chi connectivity index (χ4v) is 2.35. The Bertz CT molecular complexity index is 556. The lowest BCUT2D eigenvalue weighted by molar-refractivity contribution is -0.386. The number of carbonyl (C=O) groups is 1. The van der Waals surface area contributed by atoms with Crippen molar-refractivity contribution >= 4 is 19.0 Å². The van der Waals surface area contributed by atoms with E-state index in [1.54, 1.807) is 0 Å². The zero-order chi connectivity index (χ0) is 15.3. The van der Waals surface area contributed by atoms with Crippen LogP contribution in [-0.2, 0) is 13.9 Å². The summed E-state index contributed by atoms with van der Waals surface area (Å²) in [5, 5.41) is 19.7. The number of aliphatic hydroxyl groups is 1. The summed E-state index contributed by atoms with van der Waals surface area (Å²) in [5.41, 5.74) is 5.13. The molecule has 2 atom stereocenters. The van der Waals surface area contributed by atoms with Gasteiger partial charge in [-0.2, -0.15) is 0 Å². The number of nitro benzene ring substituents is 1. The van der Waals surface area contributed by atoms with Crippen LogP contribution in [0.5, 0.6) is 0 Å². The van der Waals surface area contributed by atoms with Crippen LogP contribution < -0.4 is 5.50 Å². The number of carbonyl (C=O) groups excluding carboxylic acids is 1. The van der Waals surface area contributed by atoms with Crippen molar-refractivity contribution in [3.8, 4) is 0 Å². The molecule has 0 aliphatic carbocycles. The van der Waals surface area contributed by atoms with E-state index in [2.05, 4.69) is 0 Å². The van der Waals surface area contributed by atoms with Gasteiger partial charge in [0.1, 0.15) is 12.7 Å². The fourth-order valence-electron chi connectivity index (χ4n) is 1.65. The molecular weight excluding hydrogens is 287 g/mol. The predicted molar refractivity (Wildman–Crippen MR) is 71.4 cm³/mol. The van der Waals surface area contributed by atoms with Gasteiger partial charge < -0.3 is 9.63 Å². The number of Topliss-reactive ketones (excluding diaryl/α,β-unsaturated/α-hetero) is 1. The first-order valence-corrected chi connectivity index (χ1v) is 7.79. The third kappa shape index (κ3) is 4.82. The highest BCUT2D eigenvalue weighted by molar-refractivity contribution is 7.55. The Morgan fingerprint density at radius 3 is 2.65 bits per heavy atom. The van der Waals surface area contributed by atoms with Crippen molar-refractivity contribution < 1.29 is 23.9 Å². The van der Waals surface area contributed by atoms with E-state index in [-0.39, 0.29) is 17.7 Å². The minimum Gasteiger partial charge on any atom is -0.389 e. The molecule has 0 bridgehead atoms. The van der Waals surface area contributed by atoms with E-state index in [0.717, 1.165) is 6.66 Å². The summed E-state index contributed by atoms with van der Waals surface area (Å²) in [6.45, 7) is 0.400. The molecule has 0 amide bonds. The first kappa shape index (κ1) is 16.5. The van der Waals surface area contributed by atoms with Crippen molar-refractivity contribution in [2.45, 2.75) is 12.5 Å². The molecule has 8 nitrogen and oxygen atoms in total. The van der Waals surface area contributed by atoms with Crippen molar-refractivity contribution in [3.05, 3.63) is 39.9 Å². The quantitative estimate of drug-likeness (QED) is 0.441. The summed E-state index contributed by atoms with van der Waals surface area (Å²) < 4.78 is 16.6. The van der Waals surface area contributed by atoms with Crippen LogP contribution in [0.2, 0.25) is 0 Å². The van der Waals surface area contributed by atoms with Crippen molar-refractivity contribution in [1.82, 2.24) is 0 Å². The van der Waals surface area contributed by atoms with E-state index < -0.39 is 30.9 Å². The average Bonchev–Trinajstić information content (AvgIpc) is 2.36. The number of aliphatic hydroxyl groups excluding tert-OH is 1. The third-order valence-corrected chi connectivity index (χ3v) is 3.08. The number of hydrogen-bond acceptors (Lipinski definition) is 6. The van der Waals surface area contributed by atoms with Crippen LogP contribution in [0, 0.1) is 10.1 Å². The van der Waals surface area contributed by atoms with Crippen molar-refractivity contribution in [2.24, 2.45) is 5.50 Å². The summed E-state index contributed by atoms with van der Waals surface area (Å²) in [6, 6.07) is 5.62. The molecule has 1 aromatic carbocycles. The molecule has 0 spiro atoms. The van der Waals surface area contributed by atoms with Crippen LogP contribution in [0.4, 0.5) is 5.69 Å². The van der Waals surface area contributed by atoms with Gasteiger partial charge in [-0.25, -0.2) is 0 Å². The van der Waals surface area contributed by atoms with Gasteiger partial charge in [0.25, 0.3) is 13.2 Å². The number of rotatable bonds is 7. The maximum absolute atomic E-state index is 11.6. The van der Waals surface area contributed by atoms with Crippen molar-refractivity contribution in [3.63, 3.8) is 0 Å². The van der Waals surface area contributed by atoms with Crippen LogP contribution in [-0.4, -0.2) is 29.1 Å². The molecule has 2 unspecified atom stereocenters. The Labute approximate surface area is 115 Å². The molecule has 3 N–H and O–H groups in total. The normalized spacial score (nSPS) is 15.3. The standard InChI is InChI=1S/C11H15N2O6P/c1-20(12,18)19-11(6-8(15)7-14)9-4-2-3-5-10(9)13(16)17/h2-5,11,14H,6-7H2,1H3,(H2,12,18). The summed E-state index contributed by atoms with van der Waals surface area (Å²) >= 11 is 0. The second kappa shape index (κ2) is 6.71. The summed E-state index contributed by atoms with van der Waals surface area (Å²) in [5.74, 6) is -0.596. The molecule has 1 aromatic rings. The largest absolute Gasteiger partial charge is 0.389 e. The monoisotopic (exact) mass is 302 g/mol. The Balaban J connectivity index is 3.19. The van der Waals surface area contributed by atoms with Crippen LogP contribution in [0.1, 0.15) is 18.1 Å². The van der Waals surface area contributed by atoms with E-state index in [1.807, 2.05) is 0 Å². The van der Waals surface area contributed by atoms with E-state index in [9.17, 15) is 19.5 Å². The molecule has 0 radical (unpaired) electrons. The van der Waals surface area contributed by atoms with Gasteiger partial charge >= 0.3 is 0 Å². The smallest absolute Gasteiger partial charge is 0.275 e. The van der Waals surface area contributed by atoms with Crippen LogP contribution in [0.3, 0.4) is 0 Å². The molecule has 0 aromatic heterocycles. The van der Waals surface area contributed by atoms with Gasteiger partial charge in [0.15, 0.2) is 5.78 Å². The van der Waals surface area contributed by atoms with Gasteiger partial charge in [-0.3, -0.25) is 25.0 Å². The fraction of sp³-hybridized carbons (Fsp3) is 0.364. The lowest BCUT2D eigenvalue weighted by Gasteiger charge is -2.19. The van der Waals surface area contributed by atoms with Gasteiger partial charge in [-0.05, 0) is 6.07 Å².